The minimum absolute atomic E-state index is 0.189. The van der Waals surface area contributed by atoms with E-state index < -0.39 is 0 Å². The number of benzene rings is 3. The number of ether oxygens (including phenoxy) is 1. The summed E-state index contributed by atoms with van der Waals surface area (Å²) in [5, 5.41) is 4.97. The third-order valence-electron chi connectivity index (χ3n) is 4.90. The second-order valence-corrected chi connectivity index (χ2v) is 8.17. The van der Waals surface area contributed by atoms with Gasteiger partial charge in [0.05, 0.1) is 17.1 Å². The largest absolute Gasteiger partial charge is 0.489 e. The molecule has 0 fully saturated rings. The van der Waals surface area contributed by atoms with Crippen molar-refractivity contribution in [1.29, 1.82) is 0 Å². The quantitative estimate of drug-likeness (QED) is 0.346. The molecule has 1 heterocycles. The van der Waals surface area contributed by atoms with Gasteiger partial charge in [-0.25, -0.2) is 4.98 Å². The molecule has 0 aliphatic carbocycles. The van der Waals surface area contributed by atoms with Crippen LogP contribution in [-0.4, -0.2) is 15.9 Å². The SMILES string of the molecule is CCc1nc2ccc(Br)cc2c(=O)n1N=Cc1cccc(OCc2ccc(C)cc2)c1. The number of fused-ring (bicyclic) bond motifs is 1. The Labute approximate surface area is 189 Å². The highest BCUT2D eigenvalue weighted by atomic mass is 79.9. The Morgan fingerprint density at radius 3 is 2.68 bits per heavy atom. The number of hydrogen-bond acceptors (Lipinski definition) is 4. The van der Waals surface area contributed by atoms with Gasteiger partial charge in [-0.2, -0.15) is 9.78 Å². The molecule has 0 saturated heterocycles. The molecule has 0 spiro atoms. The smallest absolute Gasteiger partial charge is 0.282 e. The Hall–Kier alpha value is -3.25. The zero-order valence-corrected chi connectivity index (χ0v) is 19.0. The molecule has 0 aliphatic rings. The van der Waals surface area contributed by atoms with E-state index in [0.29, 0.717) is 29.8 Å². The molecule has 0 N–H and O–H groups in total. The van der Waals surface area contributed by atoms with E-state index in [9.17, 15) is 4.79 Å². The molecule has 0 radical (unpaired) electrons. The lowest BCUT2D eigenvalue weighted by molar-refractivity contribution is 0.306. The predicted octanol–water partition coefficient (Wildman–Crippen LogP) is 5.49. The van der Waals surface area contributed by atoms with Crippen LogP contribution in [0.3, 0.4) is 0 Å². The summed E-state index contributed by atoms with van der Waals surface area (Å²) in [6.45, 7) is 4.51. The lowest BCUT2D eigenvalue weighted by atomic mass is 10.2. The molecular weight excluding hydrogens is 454 g/mol. The molecule has 31 heavy (non-hydrogen) atoms. The van der Waals surface area contributed by atoms with Crippen molar-refractivity contribution in [1.82, 2.24) is 9.66 Å². The van der Waals surface area contributed by atoms with E-state index in [1.54, 1.807) is 12.3 Å². The molecule has 0 aliphatic heterocycles. The second-order valence-electron chi connectivity index (χ2n) is 7.25. The zero-order chi connectivity index (χ0) is 21.8. The van der Waals surface area contributed by atoms with E-state index in [1.807, 2.05) is 43.3 Å². The Morgan fingerprint density at radius 1 is 1.10 bits per heavy atom. The molecule has 0 amide bonds. The Balaban J connectivity index is 1.59. The van der Waals surface area contributed by atoms with Crippen LogP contribution in [0.25, 0.3) is 10.9 Å². The highest BCUT2D eigenvalue weighted by Crippen LogP contribution is 2.17. The highest BCUT2D eigenvalue weighted by Gasteiger charge is 2.09. The Bertz CT molecular complexity index is 1310. The molecule has 3 aromatic carbocycles. The first kappa shape index (κ1) is 21.0. The molecule has 0 bridgehead atoms. The van der Waals surface area contributed by atoms with Gasteiger partial charge in [0.2, 0.25) is 0 Å². The highest BCUT2D eigenvalue weighted by molar-refractivity contribution is 9.10. The van der Waals surface area contributed by atoms with Crippen LogP contribution < -0.4 is 10.3 Å². The lowest BCUT2D eigenvalue weighted by Crippen LogP contribution is -2.22. The maximum absolute atomic E-state index is 13.0. The summed E-state index contributed by atoms with van der Waals surface area (Å²) in [4.78, 5) is 17.6. The monoisotopic (exact) mass is 475 g/mol. The molecule has 0 atom stereocenters. The molecule has 156 valence electrons. The van der Waals surface area contributed by atoms with Crippen LogP contribution in [0.2, 0.25) is 0 Å². The number of rotatable bonds is 6. The van der Waals surface area contributed by atoms with E-state index >= 15 is 0 Å². The van der Waals surface area contributed by atoms with E-state index in [2.05, 4.69) is 57.2 Å². The number of aromatic nitrogens is 2. The van der Waals surface area contributed by atoms with Crippen LogP contribution in [0.1, 0.15) is 29.4 Å². The minimum Gasteiger partial charge on any atom is -0.489 e. The molecule has 1 aromatic heterocycles. The van der Waals surface area contributed by atoms with Gasteiger partial charge < -0.3 is 4.74 Å². The van der Waals surface area contributed by atoms with Crippen LogP contribution in [0.5, 0.6) is 5.75 Å². The van der Waals surface area contributed by atoms with Gasteiger partial charge >= 0.3 is 0 Å². The third-order valence-corrected chi connectivity index (χ3v) is 5.39. The summed E-state index contributed by atoms with van der Waals surface area (Å²) in [5.74, 6) is 1.36. The van der Waals surface area contributed by atoms with Crippen molar-refractivity contribution in [2.75, 3.05) is 0 Å². The van der Waals surface area contributed by atoms with Crippen LogP contribution in [-0.2, 0) is 13.0 Å². The number of halogens is 1. The number of hydrogen-bond donors (Lipinski definition) is 0. The van der Waals surface area contributed by atoms with Crippen molar-refractivity contribution < 1.29 is 4.74 Å². The summed E-state index contributed by atoms with van der Waals surface area (Å²) in [7, 11) is 0. The van der Waals surface area contributed by atoms with Gasteiger partial charge in [-0.3, -0.25) is 4.79 Å². The standard InChI is InChI=1S/C25H22BrN3O2/c1-3-24-28-23-12-11-20(26)14-22(23)25(30)29(24)27-15-19-5-4-6-21(13-19)31-16-18-9-7-17(2)8-10-18/h4-15H,3,16H2,1-2H3. The van der Waals surface area contributed by atoms with E-state index in [0.717, 1.165) is 21.3 Å². The van der Waals surface area contributed by atoms with Gasteiger partial charge in [0.1, 0.15) is 18.2 Å². The average Bonchev–Trinajstić information content (AvgIpc) is 2.78. The van der Waals surface area contributed by atoms with Gasteiger partial charge in [-0.15, -0.1) is 0 Å². The van der Waals surface area contributed by atoms with Crippen LogP contribution in [0.15, 0.2) is 81.1 Å². The van der Waals surface area contributed by atoms with Crippen molar-refractivity contribution in [3.8, 4) is 5.75 Å². The lowest BCUT2D eigenvalue weighted by Gasteiger charge is -2.09. The maximum atomic E-state index is 13.0. The average molecular weight is 476 g/mol. The zero-order valence-electron chi connectivity index (χ0n) is 17.4. The summed E-state index contributed by atoms with van der Waals surface area (Å²) in [6, 6.07) is 21.4. The van der Waals surface area contributed by atoms with Gasteiger partial charge in [-0.05, 0) is 48.4 Å². The molecule has 0 unspecified atom stereocenters. The van der Waals surface area contributed by atoms with Crippen molar-refractivity contribution in [2.24, 2.45) is 5.10 Å². The van der Waals surface area contributed by atoms with E-state index in [-0.39, 0.29) is 5.56 Å². The Morgan fingerprint density at radius 2 is 1.90 bits per heavy atom. The molecule has 5 nitrogen and oxygen atoms in total. The van der Waals surface area contributed by atoms with Crippen molar-refractivity contribution in [2.45, 2.75) is 26.9 Å². The molecular formula is C25H22BrN3O2. The fourth-order valence-corrected chi connectivity index (χ4v) is 3.56. The topological polar surface area (TPSA) is 56.5 Å². The number of aryl methyl sites for hydroxylation is 2. The summed E-state index contributed by atoms with van der Waals surface area (Å²) < 4.78 is 8.12. The fraction of sp³-hybridized carbons (Fsp3) is 0.160. The van der Waals surface area contributed by atoms with Gasteiger partial charge in [0.25, 0.3) is 5.56 Å². The molecule has 4 rings (SSSR count). The molecule has 6 heteroatoms. The first-order valence-corrected chi connectivity index (χ1v) is 10.9. The van der Waals surface area contributed by atoms with Gasteiger partial charge in [0.15, 0.2) is 0 Å². The van der Waals surface area contributed by atoms with Gasteiger partial charge in [0, 0.05) is 10.9 Å². The molecule has 0 saturated carbocycles. The first-order valence-electron chi connectivity index (χ1n) is 10.1. The number of nitrogens with zero attached hydrogens (tertiary/aromatic N) is 3. The summed E-state index contributed by atoms with van der Waals surface area (Å²) in [5.41, 5.74) is 3.65. The fourth-order valence-electron chi connectivity index (χ4n) is 3.20. The van der Waals surface area contributed by atoms with Crippen molar-refractivity contribution in [3.63, 3.8) is 0 Å². The van der Waals surface area contributed by atoms with Crippen molar-refractivity contribution >= 4 is 33.0 Å². The van der Waals surface area contributed by atoms with Crippen LogP contribution >= 0.6 is 15.9 Å². The Kier molecular flexibility index (Phi) is 6.28. The van der Waals surface area contributed by atoms with Crippen molar-refractivity contribution in [3.05, 3.63) is 104 Å². The predicted molar refractivity (Wildman–Crippen MR) is 128 cm³/mol. The summed E-state index contributed by atoms with van der Waals surface area (Å²) >= 11 is 3.42. The second kappa shape index (κ2) is 9.27. The summed E-state index contributed by atoms with van der Waals surface area (Å²) in [6.07, 6.45) is 2.25. The third kappa shape index (κ3) is 4.91. The van der Waals surface area contributed by atoms with Crippen LogP contribution in [0, 0.1) is 6.92 Å². The molecule has 4 aromatic rings. The van der Waals surface area contributed by atoms with E-state index in [4.69, 9.17) is 4.74 Å². The van der Waals surface area contributed by atoms with E-state index in [1.165, 1.54) is 10.2 Å². The first-order chi connectivity index (χ1) is 15.0. The van der Waals surface area contributed by atoms with Crippen LogP contribution in [0.4, 0.5) is 0 Å². The van der Waals surface area contributed by atoms with Gasteiger partial charge in [-0.1, -0.05) is 64.8 Å². The normalized spacial score (nSPS) is 11.3. The maximum Gasteiger partial charge on any atom is 0.282 e. The minimum atomic E-state index is -0.189.